The lowest BCUT2D eigenvalue weighted by molar-refractivity contribution is 0.242. The van der Waals surface area contributed by atoms with Crippen molar-refractivity contribution in [3.8, 4) is 17.1 Å². The maximum absolute atomic E-state index is 12.2. The van der Waals surface area contributed by atoms with Gasteiger partial charge in [-0.1, -0.05) is 30.3 Å². The minimum absolute atomic E-state index is 0.0498. The third kappa shape index (κ3) is 2.82. The number of fused-ring (bicyclic) bond motifs is 1. The lowest BCUT2D eigenvalue weighted by Gasteiger charge is -2.10. The minimum atomic E-state index is -0.0498. The molecule has 1 aromatic heterocycles. The Hall–Kier alpha value is -2.55. The summed E-state index contributed by atoms with van der Waals surface area (Å²) in [6.45, 7) is 3.92. The summed E-state index contributed by atoms with van der Waals surface area (Å²) in [5.74, 6) is 1.26. The molecule has 1 heterocycles. The van der Waals surface area contributed by atoms with E-state index < -0.39 is 0 Å². The largest absolute Gasteiger partial charge is 0.491 e. The van der Waals surface area contributed by atoms with Gasteiger partial charge in [0.1, 0.15) is 17.1 Å². The van der Waals surface area contributed by atoms with Crippen molar-refractivity contribution in [3.05, 3.63) is 64.8 Å². The Bertz CT molecular complexity index is 817. The molecule has 0 atom stereocenters. The van der Waals surface area contributed by atoms with Gasteiger partial charge in [0.05, 0.1) is 11.5 Å². The van der Waals surface area contributed by atoms with Crippen LogP contribution in [-0.2, 0) is 0 Å². The van der Waals surface area contributed by atoms with Crippen molar-refractivity contribution in [1.29, 1.82) is 0 Å². The molecule has 0 bridgehead atoms. The van der Waals surface area contributed by atoms with Crippen molar-refractivity contribution < 1.29 is 9.15 Å². The minimum Gasteiger partial charge on any atom is -0.491 e. The van der Waals surface area contributed by atoms with Gasteiger partial charge in [0.15, 0.2) is 5.43 Å². The topological polar surface area (TPSA) is 39.4 Å². The van der Waals surface area contributed by atoms with E-state index in [0.29, 0.717) is 22.5 Å². The number of ether oxygens (including phenoxy) is 1. The monoisotopic (exact) mass is 280 g/mol. The number of hydrogen-bond donors (Lipinski definition) is 0. The van der Waals surface area contributed by atoms with Gasteiger partial charge in [-0.15, -0.1) is 0 Å². The van der Waals surface area contributed by atoms with E-state index >= 15 is 0 Å². The van der Waals surface area contributed by atoms with Gasteiger partial charge in [0, 0.05) is 17.7 Å². The molecule has 0 N–H and O–H groups in total. The van der Waals surface area contributed by atoms with Gasteiger partial charge in [-0.05, 0) is 26.0 Å². The zero-order chi connectivity index (χ0) is 14.8. The van der Waals surface area contributed by atoms with E-state index in [4.69, 9.17) is 9.15 Å². The van der Waals surface area contributed by atoms with Crippen molar-refractivity contribution in [2.45, 2.75) is 20.0 Å². The number of benzene rings is 2. The summed E-state index contributed by atoms with van der Waals surface area (Å²) >= 11 is 0. The Balaban J connectivity index is 2.15. The third-order valence-corrected chi connectivity index (χ3v) is 3.13. The van der Waals surface area contributed by atoms with E-state index in [2.05, 4.69) is 0 Å². The Morgan fingerprint density at radius 3 is 2.48 bits per heavy atom. The first-order valence-corrected chi connectivity index (χ1v) is 6.93. The van der Waals surface area contributed by atoms with Crippen molar-refractivity contribution in [3.63, 3.8) is 0 Å². The molecule has 3 rings (SSSR count). The predicted molar refractivity (Wildman–Crippen MR) is 83.7 cm³/mol. The molecule has 0 spiro atoms. The van der Waals surface area contributed by atoms with E-state index in [0.717, 1.165) is 5.56 Å². The highest BCUT2D eigenvalue weighted by Crippen LogP contribution is 2.25. The third-order valence-electron chi connectivity index (χ3n) is 3.13. The van der Waals surface area contributed by atoms with Crippen LogP contribution in [0.2, 0.25) is 0 Å². The summed E-state index contributed by atoms with van der Waals surface area (Å²) in [5.41, 5.74) is 1.37. The fourth-order valence-electron chi connectivity index (χ4n) is 2.23. The standard InChI is InChI=1S/C18H16O3/c1-12(2)20-14-8-9-15-16(19)11-17(21-18(15)10-14)13-6-4-3-5-7-13/h3-12H,1-2H3. The first kappa shape index (κ1) is 13.4. The summed E-state index contributed by atoms with van der Waals surface area (Å²) in [6.07, 6.45) is 0.0754. The first-order chi connectivity index (χ1) is 10.1. The Kier molecular flexibility index (Phi) is 3.48. The molecule has 106 valence electrons. The van der Waals surface area contributed by atoms with Crippen LogP contribution in [0.15, 0.2) is 63.8 Å². The van der Waals surface area contributed by atoms with Gasteiger partial charge < -0.3 is 9.15 Å². The maximum atomic E-state index is 12.2. The molecular formula is C18H16O3. The Morgan fingerprint density at radius 2 is 1.76 bits per heavy atom. The van der Waals surface area contributed by atoms with E-state index in [-0.39, 0.29) is 11.5 Å². The average Bonchev–Trinajstić information content (AvgIpc) is 2.47. The second kappa shape index (κ2) is 5.44. The van der Waals surface area contributed by atoms with Gasteiger partial charge in [-0.3, -0.25) is 4.79 Å². The molecule has 3 aromatic rings. The van der Waals surface area contributed by atoms with Gasteiger partial charge in [0.25, 0.3) is 0 Å². The van der Waals surface area contributed by atoms with Gasteiger partial charge in [0.2, 0.25) is 0 Å². The van der Waals surface area contributed by atoms with Crippen LogP contribution in [0.1, 0.15) is 13.8 Å². The van der Waals surface area contributed by atoms with Crippen LogP contribution in [0.4, 0.5) is 0 Å². The molecule has 0 saturated heterocycles. The fraction of sp³-hybridized carbons (Fsp3) is 0.167. The van der Waals surface area contributed by atoms with Crippen molar-refractivity contribution in [2.24, 2.45) is 0 Å². The van der Waals surface area contributed by atoms with Gasteiger partial charge in [-0.2, -0.15) is 0 Å². The summed E-state index contributed by atoms with van der Waals surface area (Å²) in [6, 6.07) is 16.4. The average molecular weight is 280 g/mol. The van der Waals surface area contributed by atoms with Crippen LogP contribution < -0.4 is 10.2 Å². The zero-order valence-corrected chi connectivity index (χ0v) is 12.0. The quantitative estimate of drug-likeness (QED) is 0.720. The summed E-state index contributed by atoms with van der Waals surface area (Å²) in [4.78, 5) is 12.2. The van der Waals surface area contributed by atoms with Crippen molar-refractivity contribution >= 4 is 11.0 Å². The summed E-state index contributed by atoms with van der Waals surface area (Å²) in [5, 5.41) is 0.561. The highest BCUT2D eigenvalue weighted by Gasteiger charge is 2.08. The second-order valence-electron chi connectivity index (χ2n) is 5.17. The van der Waals surface area contributed by atoms with E-state index in [1.165, 1.54) is 6.07 Å². The zero-order valence-electron chi connectivity index (χ0n) is 12.0. The molecule has 0 radical (unpaired) electrons. The predicted octanol–water partition coefficient (Wildman–Crippen LogP) is 4.25. The Morgan fingerprint density at radius 1 is 1.00 bits per heavy atom. The smallest absolute Gasteiger partial charge is 0.193 e. The molecule has 3 nitrogen and oxygen atoms in total. The van der Waals surface area contributed by atoms with Crippen LogP contribution in [0.25, 0.3) is 22.3 Å². The van der Waals surface area contributed by atoms with E-state index in [1.807, 2.05) is 44.2 Å². The highest BCUT2D eigenvalue weighted by atomic mass is 16.5. The van der Waals surface area contributed by atoms with Crippen LogP contribution in [0, 0.1) is 0 Å². The SMILES string of the molecule is CC(C)Oc1ccc2c(=O)cc(-c3ccccc3)oc2c1. The Labute approximate surface area is 122 Å². The molecule has 0 aliphatic carbocycles. The summed E-state index contributed by atoms with van der Waals surface area (Å²) in [7, 11) is 0. The van der Waals surface area contributed by atoms with Gasteiger partial charge >= 0.3 is 0 Å². The molecule has 2 aromatic carbocycles. The molecule has 0 unspecified atom stereocenters. The fourth-order valence-corrected chi connectivity index (χ4v) is 2.23. The number of hydrogen-bond acceptors (Lipinski definition) is 3. The van der Waals surface area contributed by atoms with Crippen molar-refractivity contribution in [2.75, 3.05) is 0 Å². The first-order valence-electron chi connectivity index (χ1n) is 6.93. The highest BCUT2D eigenvalue weighted by molar-refractivity contribution is 5.80. The number of rotatable bonds is 3. The molecule has 0 saturated carbocycles. The van der Waals surface area contributed by atoms with Gasteiger partial charge in [-0.25, -0.2) is 0 Å². The second-order valence-corrected chi connectivity index (χ2v) is 5.17. The molecule has 3 heteroatoms. The molecular weight excluding hydrogens is 264 g/mol. The lowest BCUT2D eigenvalue weighted by atomic mass is 10.1. The van der Waals surface area contributed by atoms with Crippen molar-refractivity contribution in [1.82, 2.24) is 0 Å². The molecule has 0 aliphatic heterocycles. The molecule has 0 fully saturated rings. The van der Waals surface area contributed by atoms with E-state index in [9.17, 15) is 4.79 Å². The summed E-state index contributed by atoms with van der Waals surface area (Å²) < 4.78 is 11.5. The molecule has 0 aliphatic rings. The van der Waals surface area contributed by atoms with E-state index in [1.54, 1.807) is 18.2 Å². The van der Waals surface area contributed by atoms with Crippen LogP contribution in [-0.4, -0.2) is 6.10 Å². The van der Waals surface area contributed by atoms with Crippen LogP contribution in [0.3, 0.4) is 0 Å². The normalized spacial score (nSPS) is 11.0. The molecule has 21 heavy (non-hydrogen) atoms. The maximum Gasteiger partial charge on any atom is 0.193 e. The van der Waals surface area contributed by atoms with Crippen LogP contribution in [0.5, 0.6) is 5.75 Å². The van der Waals surface area contributed by atoms with Crippen LogP contribution >= 0.6 is 0 Å². The lowest BCUT2D eigenvalue weighted by Crippen LogP contribution is -2.06. The molecule has 0 amide bonds.